The molecule has 1 rings (SSSR count). The average Bonchev–Trinajstić information content (AvgIpc) is 2.24. The maximum absolute atomic E-state index is 10.2. The molecular formula is C11H11NO3. The Kier molecular flexibility index (Phi) is 4.17. The summed E-state index contributed by atoms with van der Waals surface area (Å²) in [5, 5.41) is 17.0. The van der Waals surface area contributed by atoms with Crippen molar-refractivity contribution in [1.29, 1.82) is 5.26 Å². The molecule has 0 spiro atoms. The maximum Gasteiger partial charge on any atom is 0.303 e. The van der Waals surface area contributed by atoms with Crippen molar-refractivity contribution < 1.29 is 14.6 Å². The number of nitrogens with zero attached hydrogens (tertiary/aromatic N) is 1. The number of aliphatic carboxylic acids is 1. The van der Waals surface area contributed by atoms with Crippen LogP contribution in [0.5, 0.6) is 5.75 Å². The minimum Gasteiger partial charge on any atom is -0.494 e. The van der Waals surface area contributed by atoms with Gasteiger partial charge in [-0.3, -0.25) is 4.79 Å². The number of hydrogen-bond donors (Lipinski definition) is 1. The zero-order valence-corrected chi connectivity index (χ0v) is 8.14. The molecule has 0 atom stereocenters. The number of carboxylic acid groups (broad SMARTS) is 1. The zero-order valence-electron chi connectivity index (χ0n) is 8.14. The molecule has 0 bridgehead atoms. The van der Waals surface area contributed by atoms with Gasteiger partial charge in [-0.05, 0) is 24.6 Å². The van der Waals surface area contributed by atoms with E-state index in [1.165, 1.54) is 0 Å². The summed E-state index contributed by atoms with van der Waals surface area (Å²) in [5.74, 6) is -0.233. The summed E-state index contributed by atoms with van der Waals surface area (Å²) in [5.41, 5.74) is 0.533. The van der Waals surface area contributed by atoms with Crippen LogP contribution in [0.15, 0.2) is 24.3 Å². The van der Waals surface area contributed by atoms with Crippen molar-refractivity contribution in [3.05, 3.63) is 29.8 Å². The van der Waals surface area contributed by atoms with Crippen LogP contribution >= 0.6 is 0 Å². The van der Waals surface area contributed by atoms with E-state index in [0.29, 0.717) is 24.3 Å². The van der Waals surface area contributed by atoms with E-state index in [1.54, 1.807) is 24.3 Å². The molecule has 0 amide bonds. The van der Waals surface area contributed by atoms with Gasteiger partial charge in [-0.2, -0.15) is 5.26 Å². The van der Waals surface area contributed by atoms with Crippen LogP contribution in [0, 0.1) is 11.3 Å². The fraction of sp³-hybridized carbons (Fsp3) is 0.273. The molecule has 4 heteroatoms. The third kappa shape index (κ3) is 4.14. The van der Waals surface area contributed by atoms with Gasteiger partial charge in [0.25, 0.3) is 0 Å². The molecule has 0 aromatic heterocycles. The van der Waals surface area contributed by atoms with Gasteiger partial charge in [-0.15, -0.1) is 0 Å². The molecule has 0 saturated heterocycles. The Bertz CT molecular complexity index is 382. The molecule has 1 aromatic carbocycles. The zero-order chi connectivity index (χ0) is 11.1. The van der Waals surface area contributed by atoms with E-state index in [9.17, 15) is 4.79 Å². The Morgan fingerprint density at radius 1 is 1.53 bits per heavy atom. The second-order valence-electron chi connectivity index (χ2n) is 2.99. The van der Waals surface area contributed by atoms with Gasteiger partial charge in [0, 0.05) is 6.42 Å². The summed E-state index contributed by atoms with van der Waals surface area (Å²) in [7, 11) is 0. The number of ether oxygens (including phenoxy) is 1. The fourth-order valence-corrected chi connectivity index (χ4v) is 1.07. The first-order valence-corrected chi connectivity index (χ1v) is 4.57. The molecule has 4 nitrogen and oxygen atoms in total. The largest absolute Gasteiger partial charge is 0.494 e. The Balaban J connectivity index is 2.38. The maximum atomic E-state index is 10.2. The lowest BCUT2D eigenvalue weighted by Crippen LogP contribution is -2.02. The molecule has 0 aliphatic rings. The van der Waals surface area contributed by atoms with Crippen LogP contribution in [0.2, 0.25) is 0 Å². The van der Waals surface area contributed by atoms with E-state index in [1.807, 2.05) is 6.07 Å². The van der Waals surface area contributed by atoms with Gasteiger partial charge in [0.1, 0.15) is 5.75 Å². The summed E-state index contributed by atoms with van der Waals surface area (Å²) in [4.78, 5) is 10.2. The van der Waals surface area contributed by atoms with Crippen LogP contribution in [0.4, 0.5) is 0 Å². The molecule has 78 valence electrons. The lowest BCUT2D eigenvalue weighted by Gasteiger charge is -2.04. The standard InChI is InChI=1S/C11H11NO3/c12-8-9-3-1-4-10(7-9)15-6-2-5-11(13)14/h1,3-4,7H,2,5-6H2,(H,13,14). The van der Waals surface area contributed by atoms with Crippen LogP contribution in [0.3, 0.4) is 0 Å². The van der Waals surface area contributed by atoms with Crippen molar-refractivity contribution in [3.63, 3.8) is 0 Å². The van der Waals surface area contributed by atoms with Gasteiger partial charge in [-0.25, -0.2) is 0 Å². The van der Waals surface area contributed by atoms with Crippen LogP contribution in [-0.4, -0.2) is 17.7 Å². The number of carboxylic acids is 1. The Labute approximate surface area is 87.7 Å². The molecule has 0 heterocycles. The van der Waals surface area contributed by atoms with Crippen molar-refractivity contribution in [2.75, 3.05) is 6.61 Å². The summed E-state index contributed by atoms with van der Waals surface area (Å²) in [6.07, 6.45) is 0.560. The summed E-state index contributed by atoms with van der Waals surface area (Å²) in [6, 6.07) is 8.78. The summed E-state index contributed by atoms with van der Waals surface area (Å²) < 4.78 is 5.28. The predicted molar refractivity (Wildman–Crippen MR) is 53.5 cm³/mol. The molecule has 0 fully saturated rings. The molecule has 0 aliphatic carbocycles. The quantitative estimate of drug-likeness (QED) is 0.744. The van der Waals surface area contributed by atoms with Crippen LogP contribution in [-0.2, 0) is 4.79 Å². The van der Waals surface area contributed by atoms with Crippen LogP contribution in [0.1, 0.15) is 18.4 Å². The third-order valence-electron chi connectivity index (χ3n) is 1.77. The highest BCUT2D eigenvalue weighted by atomic mass is 16.5. The number of rotatable bonds is 5. The number of nitriles is 1. The molecule has 1 N–H and O–H groups in total. The molecule has 1 aromatic rings. The predicted octanol–water partition coefficient (Wildman–Crippen LogP) is 1.80. The SMILES string of the molecule is N#Cc1cccc(OCCCC(=O)O)c1. The van der Waals surface area contributed by atoms with Gasteiger partial charge in [0.2, 0.25) is 0 Å². The van der Waals surface area contributed by atoms with E-state index in [-0.39, 0.29) is 6.42 Å². The lowest BCUT2D eigenvalue weighted by atomic mass is 10.2. The first-order valence-electron chi connectivity index (χ1n) is 4.57. The van der Waals surface area contributed by atoms with Crippen LogP contribution < -0.4 is 4.74 Å². The van der Waals surface area contributed by atoms with Crippen molar-refractivity contribution in [2.24, 2.45) is 0 Å². The molecular weight excluding hydrogens is 194 g/mol. The first kappa shape index (κ1) is 11.1. The number of benzene rings is 1. The normalized spacial score (nSPS) is 9.27. The molecule has 0 unspecified atom stereocenters. The van der Waals surface area contributed by atoms with E-state index in [0.717, 1.165) is 0 Å². The minimum absolute atomic E-state index is 0.0952. The Hall–Kier alpha value is -2.02. The molecule has 0 radical (unpaired) electrons. The summed E-state index contributed by atoms with van der Waals surface area (Å²) >= 11 is 0. The van der Waals surface area contributed by atoms with Gasteiger partial charge in [0.15, 0.2) is 0 Å². The molecule has 0 aliphatic heterocycles. The van der Waals surface area contributed by atoms with Gasteiger partial charge in [0.05, 0.1) is 18.2 Å². The van der Waals surface area contributed by atoms with Crippen molar-refractivity contribution in [3.8, 4) is 11.8 Å². The van der Waals surface area contributed by atoms with E-state index in [4.69, 9.17) is 15.1 Å². The second kappa shape index (κ2) is 5.66. The van der Waals surface area contributed by atoms with E-state index in [2.05, 4.69) is 0 Å². The van der Waals surface area contributed by atoms with Crippen molar-refractivity contribution >= 4 is 5.97 Å². The van der Waals surface area contributed by atoms with Crippen LogP contribution in [0.25, 0.3) is 0 Å². The van der Waals surface area contributed by atoms with E-state index < -0.39 is 5.97 Å². The average molecular weight is 205 g/mol. The Morgan fingerprint density at radius 3 is 3.00 bits per heavy atom. The lowest BCUT2D eigenvalue weighted by molar-refractivity contribution is -0.137. The number of carbonyl (C=O) groups is 1. The fourth-order valence-electron chi connectivity index (χ4n) is 1.07. The number of hydrogen-bond acceptors (Lipinski definition) is 3. The molecule has 0 saturated carbocycles. The minimum atomic E-state index is -0.829. The van der Waals surface area contributed by atoms with Gasteiger partial charge < -0.3 is 9.84 Å². The monoisotopic (exact) mass is 205 g/mol. The smallest absolute Gasteiger partial charge is 0.303 e. The second-order valence-corrected chi connectivity index (χ2v) is 2.99. The topological polar surface area (TPSA) is 70.3 Å². The summed E-state index contributed by atoms with van der Waals surface area (Å²) in [6.45, 7) is 0.348. The first-order chi connectivity index (χ1) is 7.22. The van der Waals surface area contributed by atoms with Crippen molar-refractivity contribution in [2.45, 2.75) is 12.8 Å². The van der Waals surface area contributed by atoms with Gasteiger partial charge >= 0.3 is 5.97 Å². The Morgan fingerprint density at radius 2 is 2.33 bits per heavy atom. The van der Waals surface area contributed by atoms with Crippen molar-refractivity contribution in [1.82, 2.24) is 0 Å². The van der Waals surface area contributed by atoms with Gasteiger partial charge in [-0.1, -0.05) is 6.07 Å². The molecule has 15 heavy (non-hydrogen) atoms. The van der Waals surface area contributed by atoms with E-state index >= 15 is 0 Å². The highest BCUT2D eigenvalue weighted by Gasteiger charge is 1.98. The highest BCUT2D eigenvalue weighted by molar-refractivity contribution is 5.66. The third-order valence-corrected chi connectivity index (χ3v) is 1.77. The highest BCUT2D eigenvalue weighted by Crippen LogP contribution is 2.12.